The van der Waals surface area contributed by atoms with Crippen molar-refractivity contribution in [2.24, 2.45) is 4.99 Å². The third-order valence-electron chi connectivity index (χ3n) is 4.25. The van der Waals surface area contributed by atoms with Crippen LogP contribution >= 0.6 is 35.3 Å². The molecule has 0 fully saturated rings. The summed E-state index contributed by atoms with van der Waals surface area (Å²) in [5.74, 6) is 1.84. The van der Waals surface area contributed by atoms with E-state index in [0.717, 1.165) is 35.9 Å². The molecule has 0 unspecified atom stereocenters. The Bertz CT molecular complexity index is 917. The summed E-state index contributed by atoms with van der Waals surface area (Å²) in [6.07, 6.45) is 2.55. The van der Waals surface area contributed by atoms with Crippen LogP contribution in [-0.4, -0.2) is 29.5 Å². The van der Waals surface area contributed by atoms with Crippen molar-refractivity contribution in [3.05, 3.63) is 57.9 Å². The first-order valence-corrected chi connectivity index (χ1v) is 10.3. The Labute approximate surface area is 193 Å². The number of nitrogens with zero attached hydrogens (tertiary/aromatic N) is 3. The third kappa shape index (κ3) is 6.81. The van der Waals surface area contributed by atoms with Crippen molar-refractivity contribution in [3.63, 3.8) is 0 Å². The highest BCUT2D eigenvalue weighted by Crippen LogP contribution is 2.20. The number of nitrogens with one attached hydrogen (secondary N) is 2. The summed E-state index contributed by atoms with van der Waals surface area (Å²) in [4.78, 5) is 13.5. The van der Waals surface area contributed by atoms with Gasteiger partial charge >= 0.3 is 0 Å². The summed E-state index contributed by atoms with van der Waals surface area (Å²) in [6.45, 7) is 7.71. The van der Waals surface area contributed by atoms with Crippen LogP contribution in [0.1, 0.15) is 41.7 Å². The number of halogens is 1. The van der Waals surface area contributed by atoms with Crippen LogP contribution < -0.4 is 10.6 Å². The first-order chi connectivity index (χ1) is 13.5. The zero-order valence-corrected chi connectivity index (χ0v) is 20.4. The minimum atomic E-state index is 0. The number of benzene rings is 1. The molecular weight excluding hydrogens is 497 g/mol. The fourth-order valence-electron chi connectivity index (χ4n) is 2.62. The minimum Gasteiger partial charge on any atom is -0.444 e. The van der Waals surface area contributed by atoms with Gasteiger partial charge in [-0.25, -0.2) is 9.97 Å². The number of oxazole rings is 1. The lowest BCUT2D eigenvalue weighted by molar-refractivity contribution is 0.572. The van der Waals surface area contributed by atoms with Crippen molar-refractivity contribution >= 4 is 41.3 Å². The molecule has 0 aliphatic heterocycles. The average molecular weight is 525 g/mol. The maximum Gasteiger partial charge on any atom is 0.226 e. The fourth-order valence-corrected chi connectivity index (χ4v) is 3.49. The summed E-state index contributed by atoms with van der Waals surface area (Å²) in [5, 5.41) is 9.91. The molecule has 2 N–H and O–H groups in total. The lowest BCUT2D eigenvalue weighted by Crippen LogP contribution is -2.37. The van der Waals surface area contributed by atoms with Gasteiger partial charge in [-0.3, -0.25) is 4.99 Å². The first kappa shape index (κ1) is 23.3. The van der Waals surface area contributed by atoms with E-state index in [2.05, 4.69) is 63.9 Å². The molecule has 0 spiro atoms. The summed E-state index contributed by atoms with van der Waals surface area (Å²) in [6, 6.07) is 8.13. The van der Waals surface area contributed by atoms with E-state index in [0.29, 0.717) is 18.4 Å². The topological polar surface area (TPSA) is 75.3 Å². The molecule has 0 radical (unpaired) electrons. The van der Waals surface area contributed by atoms with Crippen molar-refractivity contribution in [1.29, 1.82) is 0 Å². The van der Waals surface area contributed by atoms with Crippen molar-refractivity contribution in [2.45, 2.75) is 39.7 Å². The van der Waals surface area contributed by atoms with Crippen LogP contribution in [0, 0.1) is 6.92 Å². The lowest BCUT2D eigenvalue weighted by Gasteiger charge is -2.10. The molecule has 2 aromatic heterocycles. The number of aliphatic imine (C=N–C) groups is 1. The van der Waals surface area contributed by atoms with Gasteiger partial charge in [0, 0.05) is 36.9 Å². The standard InChI is InChI=1S/C21H27N5OS.HI/c1-14(2)20-26-17(13-28-20)9-10-23-21(22-4)24-11-18-12-27-19(25-18)16-7-5-15(3)6-8-16;/h5-8,12-14H,9-11H2,1-4H3,(H2,22,23,24);1H. The molecule has 2 heterocycles. The number of guanidine groups is 1. The van der Waals surface area contributed by atoms with Gasteiger partial charge in [-0.15, -0.1) is 35.3 Å². The van der Waals surface area contributed by atoms with E-state index >= 15 is 0 Å². The maximum absolute atomic E-state index is 5.60. The minimum absolute atomic E-state index is 0. The Kier molecular flexibility index (Phi) is 9.09. The highest BCUT2D eigenvalue weighted by molar-refractivity contribution is 14.0. The average Bonchev–Trinajstić information content (AvgIpc) is 3.35. The first-order valence-electron chi connectivity index (χ1n) is 9.45. The molecule has 0 bridgehead atoms. The normalized spacial score (nSPS) is 11.4. The van der Waals surface area contributed by atoms with Crippen LogP contribution in [0.2, 0.25) is 0 Å². The van der Waals surface area contributed by atoms with Crippen molar-refractivity contribution in [3.8, 4) is 11.5 Å². The second kappa shape index (κ2) is 11.3. The van der Waals surface area contributed by atoms with Gasteiger partial charge in [-0.2, -0.15) is 0 Å². The van der Waals surface area contributed by atoms with Crippen LogP contribution in [0.3, 0.4) is 0 Å². The fraction of sp³-hybridized carbons (Fsp3) is 0.381. The van der Waals surface area contributed by atoms with Crippen LogP contribution in [0.5, 0.6) is 0 Å². The second-order valence-corrected chi connectivity index (χ2v) is 7.83. The number of aromatic nitrogens is 2. The summed E-state index contributed by atoms with van der Waals surface area (Å²) >= 11 is 1.73. The van der Waals surface area contributed by atoms with Crippen LogP contribution in [0.15, 0.2) is 45.3 Å². The van der Waals surface area contributed by atoms with E-state index in [1.54, 1.807) is 24.6 Å². The molecule has 0 saturated heterocycles. The van der Waals surface area contributed by atoms with Crippen molar-refractivity contribution in [2.75, 3.05) is 13.6 Å². The second-order valence-electron chi connectivity index (χ2n) is 6.94. The highest BCUT2D eigenvalue weighted by atomic mass is 127. The molecule has 3 aromatic rings. The molecule has 29 heavy (non-hydrogen) atoms. The smallest absolute Gasteiger partial charge is 0.226 e. The molecule has 0 aliphatic rings. The molecule has 8 heteroatoms. The number of hydrogen-bond acceptors (Lipinski definition) is 5. The Hall–Kier alpha value is -1.94. The maximum atomic E-state index is 5.60. The van der Waals surface area contributed by atoms with Gasteiger partial charge in [-0.1, -0.05) is 31.5 Å². The van der Waals surface area contributed by atoms with E-state index in [9.17, 15) is 0 Å². The summed E-state index contributed by atoms with van der Waals surface area (Å²) in [7, 11) is 1.76. The van der Waals surface area contributed by atoms with Gasteiger partial charge in [0.2, 0.25) is 5.89 Å². The van der Waals surface area contributed by atoms with E-state index in [1.165, 1.54) is 10.6 Å². The predicted octanol–water partition coefficient (Wildman–Crippen LogP) is 4.76. The van der Waals surface area contributed by atoms with Gasteiger partial charge in [0.1, 0.15) is 6.26 Å². The zero-order chi connectivity index (χ0) is 19.9. The van der Waals surface area contributed by atoms with Crippen LogP contribution in [0.4, 0.5) is 0 Å². The Morgan fingerprint density at radius 3 is 2.55 bits per heavy atom. The van der Waals surface area contributed by atoms with Gasteiger partial charge < -0.3 is 15.1 Å². The Morgan fingerprint density at radius 1 is 1.14 bits per heavy atom. The number of aryl methyl sites for hydroxylation is 1. The van der Waals surface area contributed by atoms with Crippen LogP contribution in [0.25, 0.3) is 11.5 Å². The molecule has 3 rings (SSSR count). The third-order valence-corrected chi connectivity index (χ3v) is 5.44. The van der Waals surface area contributed by atoms with Gasteiger partial charge in [0.25, 0.3) is 0 Å². The molecule has 6 nitrogen and oxygen atoms in total. The molecule has 1 aromatic carbocycles. The molecule has 156 valence electrons. The number of rotatable bonds is 7. The van der Waals surface area contributed by atoms with Crippen molar-refractivity contribution in [1.82, 2.24) is 20.6 Å². The zero-order valence-electron chi connectivity index (χ0n) is 17.2. The van der Waals surface area contributed by atoms with Gasteiger partial charge in [0.05, 0.1) is 22.9 Å². The molecule has 0 amide bonds. The van der Waals surface area contributed by atoms with E-state index < -0.39 is 0 Å². The SMILES string of the molecule is CN=C(NCCc1csc(C(C)C)n1)NCc1coc(-c2ccc(C)cc2)n1.I. The molecule has 0 atom stereocenters. The molecule has 0 aliphatic carbocycles. The Balaban J connectivity index is 0.00000300. The van der Waals surface area contributed by atoms with Crippen molar-refractivity contribution < 1.29 is 4.42 Å². The molecular formula is C21H28IN5OS. The van der Waals surface area contributed by atoms with E-state index in [1.807, 2.05) is 12.1 Å². The number of thiazole rings is 1. The van der Waals surface area contributed by atoms with E-state index in [-0.39, 0.29) is 24.0 Å². The summed E-state index contributed by atoms with van der Waals surface area (Å²) in [5.41, 5.74) is 4.14. The monoisotopic (exact) mass is 525 g/mol. The lowest BCUT2D eigenvalue weighted by atomic mass is 10.1. The predicted molar refractivity (Wildman–Crippen MR) is 130 cm³/mol. The highest BCUT2D eigenvalue weighted by Gasteiger charge is 2.08. The largest absolute Gasteiger partial charge is 0.444 e. The summed E-state index contributed by atoms with van der Waals surface area (Å²) < 4.78 is 5.60. The van der Waals surface area contributed by atoms with Gasteiger partial charge in [-0.05, 0) is 19.1 Å². The number of hydrogen-bond donors (Lipinski definition) is 2. The van der Waals surface area contributed by atoms with E-state index in [4.69, 9.17) is 4.42 Å². The Morgan fingerprint density at radius 2 is 1.90 bits per heavy atom. The molecule has 0 saturated carbocycles. The van der Waals surface area contributed by atoms with Gasteiger partial charge in [0.15, 0.2) is 5.96 Å². The van der Waals surface area contributed by atoms with Crippen LogP contribution in [-0.2, 0) is 13.0 Å². The quantitative estimate of drug-likeness (QED) is 0.265.